The standard InChI is InChI=1S/C11H13N3/c12-6-7-14-9-13-8-11(14)10-4-2-1-3-5-10/h1-5,8-9H,6-7,12H2. The summed E-state index contributed by atoms with van der Waals surface area (Å²) in [6.45, 7) is 1.44. The number of nitrogens with two attached hydrogens (primary N) is 1. The molecule has 0 aliphatic rings. The summed E-state index contributed by atoms with van der Waals surface area (Å²) >= 11 is 0. The van der Waals surface area contributed by atoms with Crippen LogP contribution < -0.4 is 5.73 Å². The topological polar surface area (TPSA) is 43.8 Å². The van der Waals surface area contributed by atoms with Crippen LogP contribution in [0.1, 0.15) is 0 Å². The van der Waals surface area contributed by atoms with Crippen molar-refractivity contribution in [2.75, 3.05) is 6.54 Å². The average molecular weight is 187 g/mol. The van der Waals surface area contributed by atoms with Crippen LogP contribution in [-0.4, -0.2) is 16.1 Å². The molecule has 0 saturated carbocycles. The van der Waals surface area contributed by atoms with E-state index in [2.05, 4.69) is 21.7 Å². The monoisotopic (exact) mass is 187 g/mol. The Bertz CT molecular complexity index is 392. The number of nitrogens with zero attached hydrogens (tertiary/aromatic N) is 2. The van der Waals surface area contributed by atoms with E-state index in [0.29, 0.717) is 6.54 Å². The second kappa shape index (κ2) is 4.07. The fourth-order valence-corrected chi connectivity index (χ4v) is 1.49. The van der Waals surface area contributed by atoms with Crippen molar-refractivity contribution in [3.05, 3.63) is 42.9 Å². The molecule has 0 aliphatic carbocycles. The molecule has 0 unspecified atom stereocenters. The highest BCUT2D eigenvalue weighted by atomic mass is 15.0. The molecule has 0 fully saturated rings. The van der Waals surface area contributed by atoms with Crippen LogP contribution >= 0.6 is 0 Å². The van der Waals surface area contributed by atoms with Gasteiger partial charge >= 0.3 is 0 Å². The minimum Gasteiger partial charge on any atom is -0.329 e. The van der Waals surface area contributed by atoms with E-state index >= 15 is 0 Å². The second-order valence-electron chi connectivity index (χ2n) is 3.13. The zero-order valence-electron chi connectivity index (χ0n) is 7.93. The van der Waals surface area contributed by atoms with Gasteiger partial charge in [-0.05, 0) is 5.56 Å². The summed E-state index contributed by atoms with van der Waals surface area (Å²) in [6, 6.07) is 10.2. The maximum Gasteiger partial charge on any atom is 0.0951 e. The lowest BCUT2D eigenvalue weighted by Crippen LogP contribution is -2.09. The third-order valence-corrected chi connectivity index (χ3v) is 2.15. The minimum atomic E-state index is 0.635. The van der Waals surface area contributed by atoms with E-state index in [4.69, 9.17) is 5.73 Å². The molecule has 1 heterocycles. The Morgan fingerprint density at radius 1 is 1.21 bits per heavy atom. The Labute approximate surface area is 83.2 Å². The van der Waals surface area contributed by atoms with Gasteiger partial charge in [0, 0.05) is 13.1 Å². The van der Waals surface area contributed by atoms with Crippen molar-refractivity contribution in [2.24, 2.45) is 5.73 Å². The van der Waals surface area contributed by atoms with Crippen molar-refractivity contribution in [3.63, 3.8) is 0 Å². The number of imidazole rings is 1. The van der Waals surface area contributed by atoms with Crippen LogP contribution in [0.25, 0.3) is 11.3 Å². The minimum absolute atomic E-state index is 0.635. The predicted molar refractivity (Wildman–Crippen MR) is 56.7 cm³/mol. The molecular formula is C11H13N3. The highest BCUT2D eigenvalue weighted by molar-refractivity contribution is 5.58. The van der Waals surface area contributed by atoms with Gasteiger partial charge in [0.1, 0.15) is 0 Å². The normalized spacial score (nSPS) is 10.4. The fourth-order valence-electron chi connectivity index (χ4n) is 1.49. The summed E-state index contributed by atoms with van der Waals surface area (Å²) in [5.74, 6) is 0. The molecular weight excluding hydrogens is 174 g/mol. The number of aromatic nitrogens is 2. The van der Waals surface area contributed by atoms with Gasteiger partial charge in [0.15, 0.2) is 0 Å². The molecule has 3 heteroatoms. The van der Waals surface area contributed by atoms with Gasteiger partial charge in [0.05, 0.1) is 18.2 Å². The Hall–Kier alpha value is -1.61. The van der Waals surface area contributed by atoms with E-state index < -0.39 is 0 Å². The van der Waals surface area contributed by atoms with Gasteiger partial charge < -0.3 is 10.3 Å². The van der Waals surface area contributed by atoms with Crippen LogP contribution in [0, 0.1) is 0 Å². The second-order valence-corrected chi connectivity index (χ2v) is 3.13. The molecule has 14 heavy (non-hydrogen) atoms. The highest BCUT2D eigenvalue weighted by Crippen LogP contribution is 2.17. The first-order chi connectivity index (χ1) is 6.92. The Balaban J connectivity index is 2.37. The summed E-state index contributed by atoms with van der Waals surface area (Å²) in [7, 11) is 0. The van der Waals surface area contributed by atoms with E-state index in [1.165, 1.54) is 5.56 Å². The van der Waals surface area contributed by atoms with E-state index in [-0.39, 0.29) is 0 Å². The zero-order valence-corrected chi connectivity index (χ0v) is 7.93. The predicted octanol–water partition coefficient (Wildman–Crippen LogP) is 1.51. The lowest BCUT2D eigenvalue weighted by Gasteiger charge is -2.05. The molecule has 2 rings (SSSR count). The van der Waals surface area contributed by atoms with Crippen molar-refractivity contribution >= 4 is 0 Å². The molecule has 0 saturated heterocycles. The zero-order chi connectivity index (χ0) is 9.80. The largest absolute Gasteiger partial charge is 0.329 e. The number of hydrogen-bond acceptors (Lipinski definition) is 2. The van der Waals surface area contributed by atoms with Crippen LogP contribution in [0.4, 0.5) is 0 Å². The third-order valence-electron chi connectivity index (χ3n) is 2.15. The molecule has 0 aliphatic heterocycles. The molecule has 0 spiro atoms. The third kappa shape index (κ3) is 1.67. The molecule has 3 nitrogen and oxygen atoms in total. The summed E-state index contributed by atoms with van der Waals surface area (Å²) in [5.41, 5.74) is 7.82. The first kappa shape index (κ1) is 8.97. The smallest absolute Gasteiger partial charge is 0.0951 e. The molecule has 2 N–H and O–H groups in total. The maximum absolute atomic E-state index is 5.52. The van der Waals surface area contributed by atoms with E-state index in [1.807, 2.05) is 30.7 Å². The lowest BCUT2D eigenvalue weighted by atomic mass is 10.2. The molecule has 72 valence electrons. The van der Waals surface area contributed by atoms with Gasteiger partial charge in [-0.3, -0.25) is 0 Å². The summed E-state index contributed by atoms with van der Waals surface area (Å²) in [4.78, 5) is 4.12. The fraction of sp³-hybridized carbons (Fsp3) is 0.182. The first-order valence-corrected chi connectivity index (χ1v) is 4.67. The van der Waals surface area contributed by atoms with Crippen molar-refractivity contribution in [3.8, 4) is 11.3 Å². The molecule has 0 radical (unpaired) electrons. The van der Waals surface area contributed by atoms with Crippen molar-refractivity contribution in [1.82, 2.24) is 9.55 Å². The maximum atomic E-state index is 5.52. The Morgan fingerprint density at radius 3 is 2.71 bits per heavy atom. The molecule has 0 atom stereocenters. The van der Waals surface area contributed by atoms with Crippen molar-refractivity contribution in [1.29, 1.82) is 0 Å². The Kier molecular flexibility index (Phi) is 2.60. The molecule has 1 aromatic heterocycles. The summed E-state index contributed by atoms with van der Waals surface area (Å²) in [5, 5.41) is 0. The van der Waals surface area contributed by atoms with Crippen LogP contribution in [0.2, 0.25) is 0 Å². The number of hydrogen-bond donors (Lipinski definition) is 1. The van der Waals surface area contributed by atoms with Gasteiger partial charge in [0.2, 0.25) is 0 Å². The first-order valence-electron chi connectivity index (χ1n) is 4.67. The van der Waals surface area contributed by atoms with Crippen LogP contribution in [0.5, 0.6) is 0 Å². The summed E-state index contributed by atoms with van der Waals surface area (Å²) in [6.07, 6.45) is 3.68. The molecule has 0 amide bonds. The Morgan fingerprint density at radius 2 is 2.00 bits per heavy atom. The lowest BCUT2D eigenvalue weighted by molar-refractivity contribution is 0.714. The van der Waals surface area contributed by atoms with Crippen molar-refractivity contribution in [2.45, 2.75) is 6.54 Å². The van der Waals surface area contributed by atoms with Gasteiger partial charge in [-0.2, -0.15) is 0 Å². The van der Waals surface area contributed by atoms with Gasteiger partial charge in [-0.25, -0.2) is 4.98 Å². The number of benzene rings is 1. The summed E-state index contributed by atoms with van der Waals surface area (Å²) < 4.78 is 2.06. The van der Waals surface area contributed by atoms with Gasteiger partial charge in [-0.1, -0.05) is 30.3 Å². The van der Waals surface area contributed by atoms with Crippen LogP contribution in [0.3, 0.4) is 0 Å². The van der Waals surface area contributed by atoms with Crippen molar-refractivity contribution < 1.29 is 0 Å². The van der Waals surface area contributed by atoms with Crippen LogP contribution in [-0.2, 0) is 6.54 Å². The van der Waals surface area contributed by atoms with E-state index in [0.717, 1.165) is 12.2 Å². The SMILES string of the molecule is NCCn1cncc1-c1ccccc1. The van der Waals surface area contributed by atoms with Crippen LogP contribution in [0.15, 0.2) is 42.9 Å². The average Bonchev–Trinajstić information content (AvgIpc) is 2.68. The highest BCUT2D eigenvalue weighted by Gasteiger charge is 2.02. The van der Waals surface area contributed by atoms with Gasteiger partial charge in [-0.15, -0.1) is 0 Å². The molecule has 2 aromatic rings. The van der Waals surface area contributed by atoms with Gasteiger partial charge in [0.25, 0.3) is 0 Å². The van der Waals surface area contributed by atoms with E-state index in [1.54, 1.807) is 0 Å². The quantitative estimate of drug-likeness (QED) is 0.791. The number of rotatable bonds is 3. The molecule has 1 aromatic carbocycles. The van der Waals surface area contributed by atoms with E-state index in [9.17, 15) is 0 Å². The molecule has 0 bridgehead atoms.